The van der Waals surface area contributed by atoms with Crippen molar-refractivity contribution in [2.24, 2.45) is 0 Å². The Labute approximate surface area is 155 Å². The number of aromatic nitrogens is 1. The molecule has 5 nitrogen and oxygen atoms in total. The minimum atomic E-state index is -0.625. The van der Waals surface area contributed by atoms with Gasteiger partial charge in [-0.2, -0.15) is 0 Å². The van der Waals surface area contributed by atoms with Crippen LogP contribution in [-0.4, -0.2) is 40.5 Å². The molecule has 0 saturated carbocycles. The topological polar surface area (TPSA) is 59.5 Å². The quantitative estimate of drug-likeness (QED) is 0.760. The second kappa shape index (κ2) is 7.95. The van der Waals surface area contributed by atoms with Crippen LogP contribution >= 0.6 is 11.3 Å². The summed E-state index contributed by atoms with van der Waals surface area (Å²) in [6, 6.07) is 6.21. The number of halogens is 1. The zero-order valence-electron chi connectivity index (χ0n) is 14.8. The van der Waals surface area contributed by atoms with Crippen LogP contribution in [0.4, 0.5) is 4.39 Å². The lowest BCUT2D eigenvalue weighted by Gasteiger charge is -2.38. The Morgan fingerprint density at radius 3 is 2.54 bits per heavy atom. The molecule has 0 aliphatic carbocycles. The minimum Gasteiger partial charge on any atom is -0.451 e. The molecule has 2 aromatic rings. The molecule has 7 heteroatoms. The molecule has 26 heavy (non-hydrogen) atoms. The van der Waals surface area contributed by atoms with E-state index < -0.39 is 5.97 Å². The van der Waals surface area contributed by atoms with Gasteiger partial charge in [0.2, 0.25) is 0 Å². The predicted octanol–water partition coefficient (Wildman–Crippen LogP) is 3.90. The second-order valence-electron chi connectivity index (χ2n) is 6.55. The molecule has 1 aromatic carbocycles. The molecule has 3 rings (SSSR count). The average Bonchev–Trinajstić information content (AvgIpc) is 3.10. The zero-order valence-corrected chi connectivity index (χ0v) is 15.6. The number of ether oxygens (including phenoxy) is 1. The molecule has 1 aromatic heterocycles. The SMILES string of the molecule is C[C@H]1CCC[C@H](C)N1C(=O)COC(=O)c1csc(-c2ccc(F)cc2)n1. The fourth-order valence-electron chi connectivity index (χ4n) is 3.28. The number of amides is 1. The summed E-state index contributed by atoms with van der Waals surface area (Å²) in [5.74, 6) is -1.13. The van der Waals surface area contributed by atoms with Crippen molar-refractivity contribution in [2.75, 3.05) is 6.61 Å². The summed E-state index contributed by atoms with van der Waals surface area (Å²) >= 11 is 1.27. The van der Waals surface area contributed by atoms with Crippen LogP contribution in [0.5, 0.6) is 0 Å². The maximum atomic E-state index is 13.0. The zero-order chi connectivity index (χ0) is 18.7. The molecule has 2 atom stereocenters. The van der Waals surface area contributed by atoms with E-state index in [9.17, 15) is 14.0 Å². The summed E-state index contributed by atoms with van der Waals surface area (Å²) in [6.07, 6.45) is 3.05. The van der Waals surface area contributed by atoms with Gasteiger partial charge in [0.1, 0.15) is 10.8 Å². The van der Waals surface area contributed by atoms with E-state index in [1.54, 1.807) is 17.5 Å². The molecule has 2 heterocycles. The summed E-state index contributed by atoms with van der Waals surface area (Å²) in [7, 11) is 0. The van der Waals surface area contributed by atoms with Gasteiger partial charge in [-0.05, 0) is 57.4 Å². The molecule has 1 amide bonds. The van der Waals surface area contributed by atoms with E-state index in [0.717, 1.165) is 24.8 Å². The maximum Gasteiger partial charge on any atom is 0.358 e. The first kappa shape index (κ1) is 18.5. The number of hydrogen-bond acceptors (Lipinski definition) is 5. The van der Waals surface area contributed by atoms with Crippen molar-refractivity contribution in [3.05, 3.63) is 41.2 Å². The molecule has 0 unspecified atom stereocenters. The van der Waals surface area contributed by atoms with Crippen molar-refractivity contribution in [1.29, 1.82) is 0 Å². The van der Waals surface area contributed by atoms with Gasteiger partial charge in [0.25, 0.3) is 5.91 Å². The number of likely N-dealkylation sites (tertiary alicyclic amines) is 1. The Balaban J connectivity index is 1.60. The highest BCUT2D eigenvalue weighted by molar-refractivity contribution is 7.13. The largest absolute Gasteiger partial charge is 0.451 e. The number of benzene rings is 1. The first-order chi connectivity index (χ1) is 12.5. The van der Waals surface area contributed by atoms with Crippen molar-refractivity contribution in [3.63, 3.8) is 0 Å². The lowest BCUT2D eigenvalue weighted by atomic mass is 9.97. The van der Waals surface area contributed by atoms with Gasteiger partial charge < -0.3 is 9.64 Å². The highest BCUT2D eigenvalue weighted by Crippen LogP contribution is 2.25. The van der Waals surface area contributed by atoms with Crippen molar-refractivity contribution in [3.8, 4) is 10.6 Å². The Bertz CT molecular complexity index is 780. The van der Waals surface area contributed by atoms with Crippen molar-refractivity contribution >= 4 is 23.2 Å². The molecule has 0 N–H and O–H groups in total. The van der Waals surface area contributed by atoms with Gasteiger partial charge in [0.15, 0.2) is 12.3 Å². The van der Waals surface area contributed by atoms with Crippen LogP contribution in [0.25, 0.3) is 10.6 Å². The number of rotatable bonds is 4. The van der Waals surface area contributed by atoms with Gasteiger partial charge in [0.05, 0.1) is 0 Å². The Hall–Kier alpha value is -2.28. The first-order valence-corrected chi connectivity index (χ1v) is 9.53. The van der Waals surface area contributed by atoms with Gasteiger partial charge in [-0.3, -0.25) is 4.79 Å². The Kier molecular flexibility index (Phi) is 5.66. The summed E-state index contributed by atoms with van der Waals surface area (Å²) in [6.45, 7) is 3.76. The van der Waals surface area contributed by atoms with Crippen molar-refractivity contribution in [2.45, 2.75) is 45.2 Å². The normalized spacial score (nSPS) is 20.0. The molecule has 1 fully saturated rings. The van der Waals surface area contributed by atoms with Crippen LogP contribution in [0.1, 0.15) is 43.6 Å². The third kappa shape index (κ3) is 4.09. The fourth-order valence-corrected chi connectivity index (χ4v) is 4.08. The Morgan fingerprint density at radius 2 is 1.88 bits per heavy atom. The van der Waals surface area contributed by atoms with Crippen LogP contribution in [-0.2, 0) is 9.53 Å². The Morgan fingerprint density at radius 1 is 1.23 bits per heavy atom. The molecule has 0 bridgehead atoms. The van der Waals surface area contributed by atoms with Crippen LogP contribution in [0.3, 0.4) is 0 Å². The monoisotopic (exact) mass is 376 g/mol. The summed E-state index contributed by atoms with van der Waals surface area (Å²) in [5.41, 5.74) is 0.879. The fraction of sp³-hybridized carbons (Fsp3) is 0.421. The van der Waals surface area contributed by atoms with E-state index in [2.05, 4.69) is 4.98 Å². The molecular formula is C19H21FN2O3S. The summed E-state index contributed by atoms with van der Waals surface area (Å²) in [4.78, 5) is 30.6. The molecule has 1 aliphatic heterocycles. The molecule has 1 aliphatic rings. The number of hydrogen-bond donors (Lipinski definition) is 0. The molecule has 1 saturated heterocycles. The second-order valence-corrected chi connectivity index (χ2v) is 7.41. The van der Waals surface area contributed by atoms with Gasteiger partial charge in [-0.25, -0.2) is 14.2 Å². The first-order valence-electron chi connectivity index (χ1n) is 8.65. The van der Waals surface area contributed by atoms with Gasteiger partial charge >= 0.3 is 5.97 Å². The van der Waals surface area contributed by atoms with Gasteiger partial charge in [-0.15, -0.1) is 11.3 Å². The van der Waals surface area contributed by atoms with Crippen LogP contribution in [0.2, 0.25) is 0 Å². The standard InChI is InChI=1S/C19H21FN2O3S/c1-12-4-3-5-13(2)22(12)17(23)10-25-19(24)16-11-26-18(21-16)14-6-8-15(20)9-7-14/h6-9,11-13H,3-5,10H2,1-2H3/t12-,13-/m0/s1. The lowest BCUT2D eigenvalue weighted by molar-refractivity contribution is -0.140. The number of carbonyl (C=O) groups is 2. The number of carbonyl (C=O) groups excluding carboxylic acids is 2. The van der Waals surface area contributed by atoms with Crippen molar-refractivity contribution in [1.82, 2.24) is 9.88 Å². The molecule has 0 radical (unpaired) electrons. The van der Waals surface area contributed by atoms with E-state index in [1.165, 1.54) is 23.5 Å². The summed E-state index contributed by atoms with van der Waals surface area (Å²) < 4.78 is 18.2. The maximum absolute atomic E-state index is 13.0. The highest BCUT2D eigenvalue weighted by atomic mass is 32.1. The van der Waals surface area contributed by atoms with Crippen LogP contribution in [0.15, 0.2) is 29.6 Å². The van der Waals surface area contributed by atoms with E-state index in [4.69, 9.17) is 4.74 Å². The van der Waals surface area contributed by atoms with Gasteiger partial charge in [0, 0.05) is 23.0 Å². The van der Waals surface area contributed by atoms with E-state index >= 15 is 0 Å². The summed E-state index contributed by atoms with van der Waals surface area (Å²) in [5, 5.41) is 2.18. The predicted molar refractivity (Wildman–Crippen MR) is 97.4 cm³/mol. The molecule has 138 valence electrons. The smallest absolute Gasteiger partial charge is 0.358 e. The number of nitrogens with zero attached hydrogens (tertiary/aromatic N) is 2. The average molecular weight is 376 g/mol. The number of thiazole rings is 1. The van der Waals surface area contributed by atoms with Crippen LogP contribution < -0.4 is 0 Å². The van der Waals surface area contributed by atoms with Crippen molar-refractivity contribution < 1.29 is 18.7 Å². The third-order valence-corrected chi connectivity index (χ3v) is 5.50. The van der Waals surface area contributed by atoms with E-state index in [-0.39, 0.29) is 36.1 Å². The number of esters is 1. The molecular weight excluding hydrogens is 355 g/mol. The molecule has 0 spiro atoms. The van der Waals surface area contributed by atoms with Gasteiger partial charge in [-0.1, -0.05) is 0 Å². The highest BCUT2D eigenvalue weighted by Gasteiger charge is 2.29. The van der Waals surface area contributed by atoms with E-state index in [1.807, 2.05) is 18.7 Å². The number of piperidine rings is 1. The lowest BCUT2D eigenvalue weighted by Crippen LogP contribution is -2.49. The third-order valence-electron chi connectivity index (χ3n) is 4.61. The van der Waals surface area contributed by atoms with E-state index in [0.29, 0.717) is 5.01 Å². The minimum absolute atomic E-state index is 0.155. The van der Waals surface area contributed by atoms with Crippen LogP contribution in [0, 0.1) is 5.82 Å².